The molecule has 1 aromatic carbocycles. The SMILES string of the molecule is Cl.FCC[C@@H](c1ccc(Cl)c(F)c1)N1CCNCC1. The molecule has 6 heteroatoms. The van der Waals surface area contributed by atoms with E-state index in [-0.39, 0.29) is 23.5 Å². The largest absolute Gasteiger partial charge is 0.314 e. The first kappa shape index (κ1) is 16.6. The number of nitrogens with zero attached hydrogens (tertiary/aromatic N) is 1. The van der Waals surface area contributed by atoms with E-state index in [0.29, 0.717) is 6.42 Å². The van der Waals surface area contributed by atoms with Crippen LogP contribution in [0.1, 0.15) is 18.0 Å². The Morgan fingerprint density at radius 1 is 1.32 bits per heavy atom. The number of alkyl halides is 1. The fourth-order valence-electron chi connectivity index (χ4n) is 2.38. The van der Waals surface area contributed by atoms with Crippen LogP contribution in [0.4, 0.5) is 8.78 Å². The summed E-state index contributed by atoms with van der Waals surface area (Å²) in [5.74, 6) is -0.437. The van der Waals surface area contributed by atoms with Gasteiger partial charge in [0.1, 0.15) is 5.82 Å². The highest BCUT2D eigenvalue weighted by molar-refractivity contribution is 6.30. The van der Waals surface area contributed by atoms with Crippen LogP contribution in [0.15, 0.2) is 18.2 Å². The zero-order chi connectivity index (χ0) is 13.0. The fraction of sp³-hybridized carbons (Fsp3) is 0.538. The maximum atomic E-state index is 13.5. The summed E-state index contributed by atoms with van der Waals surface area (Å²) in [7, 11) is 0. The smallest absolute Gasteiger partial charge is 0.142 e. The maximum absolute atomic E-state index is 13.5. The molecule has 1 aromatic rings. The monoisotopic (exact) mass is 310 g/mol. The molecule has 0 aromatic heterocycles. The standard InChI is InChI=1S/C13H17ClF2N2.ClH/c14-11-2-1-10(9-12(11)16)13(3-4-15)18-7-5-17-6-8-18;/h1-2,9,13,17H,3-8H2;1H/t13-;/m0./s1. The highest BCUT2D eigenvalue weighted by atomic mass is 35.5. The van der Waals surface area contributed by atoms with Crippen LogP contribution >= 0.6 is 24.0 Å². The van der Waals surface area contributed by atoms with Crippen molar-refractivity contribution < 1.29 is 8.78 Å². The molecule has 2 rings (SSSR count). The lowest BCUT2D eigenvalue weighted by molar-refractivity contribution is 0.157. The first-order valence-electron chi connectivity index (χ1n) is 6.18. The highest BCUT2D eigenvalue weighted by Gasteiger charge is 2.22. The summed E-state index contributed by atoms with van der Waals surface area (Å²) in [6.45, 7) is 3.08. The number of hydrogen-bond donors (Lipinski definition) is 1. The highest BCUT2D eigenvalue weighted by Crippen LogP contribution is 2.27. The van der Waals surface area contributed by atoms with Crippen molar-refractivity contribution in [1.29, 1.82) is 0 Å². The van der Waals surface area contributed by atoms with Gasteiger partial charge in [0.15, 0.2) is 0 Å². The molecule has 1 heterocycles. The van der Waals surface area contributed by atoms with Crippen LogP contribution in [-0.4, -0.2) is 37.8 Å². The van der Waals surface area contributed by atoms with Gasteiger partial charge in [0.05, 0.1) is 11.7 Å². The van der Waals surface area contributed by atoms with E-state index < -0.39 is 12.5 Å². The van der Waals surface area contributed by atoms with E-state index in [4.69, 9.17) is 11.6 Å². The average molecular weight is 311 g/mol. The minimum absolute atomic E-state index is 0. The number of rotatable bonds is 4. The minimum Gasteiger partial charge on any atom is -0.314 e. The van der Waals surface area contributed by atoms with E-state index in [1.54, 1.807) is 12.1 Å². The fourth-order valence-corrected chi connectivity index (χ4v) is 2.49. The molecule has 1 fully saturated rings. The van der Waals surface area contributed by atoms with Crippen LogP contribution in [0, 0.1) is 5.82 Å². The van der Waals surface area contributed by atoms with Gasteiger partial charge >= 0.3 is 0 Å². The van der Waals surface area contributed by atoms with E-state index in [1.165, 1.54) is 6.07 Å². The molecule has 0 amide bonds. The molecular weight excluding hydrogens is 293 g/mol. The van der Waals surface area contributed by atoms with Crippen LogP contribution < -0.4 is 5.32 Å². The third-order valence-electron chi connectivity index (χ3n) is 3.30. The summed E-state index contributed by atoms with van der Waals surface area (Å²) in [6.07, 6.45) is 0.390. The molecule has 0 spiro atoms. The minimum atomic E-state index is -0.437. The molecule has 0 unspecified atom stereocenters. The Morgan fingerprint density at radius 3 is 2.58 bits per heavy atom. The second-order valence-electron chi connectivity index (χ2n) is 4.45. The van der Waals surface area contributed by atoms with E-state index >= 15 is 0 Å². The quantitative estimate of drug-likeness (QED) is 0.918. The molecule has 1 aliphatic heterocycles. The van der Waals surface area contributed by atoms with Crippen LogP contribution in [0.2, 0.25) is 5.02 Å². The van der Waals surface area contributed by atoms with Gasteiger partial charge in [-0.15, -0.1) is 12.4 Å². The van der Waals surface area contributed by atoms with Gasteiger partial charge in [0.25, 0.3) is 0 Å². The summed E-state index contributed by atoms with van der Waals surface area (Å²) in [4.78, 5) is 2.19. The normalized spacial score (nSPS) is 17.8. The lowest BCUT2D eigenvalue weighted by Gasteiger charge is -2.35. The summed E-state index contributed by atoms with van der Waals surface area (Å²) < 4.78 is 26.2. The Morgan fingerprint density at radius 2 is 2.00 bits per heavy atom. The zero-order valence-corrected chi connectivity index (χ0v) is 12.1. The van der Waals surface area contributed by atoms with Gasteiger partial charge in [-0.2, -0.15) is 0 Å². The van der Waals surface area contributed by atoms with Crippen molar-refractivity contribution in [3.63, 3.8) is 0 Å². The number of hydrogen-bond acceptors (Lipinski definition) is 2. The molecule has 1 N–H and O–H groups in total. The second-order valence-corrected chi connectivity index (χ2v) is 4.86. The first-order valence-corrected chi connectivity index (χ1v) is 6.56. The predicted molar refractivity (Wildman–Crippen MR) is 76.4 cm³/mol. The van der Waals surface area contributed by atoms with Crippen molar-refractivity contribution in [1.82, 2.24) is 10.2 Å². The van der Waals surface area contributed by atoms with Crippen LogP contribution in [0.5, 0.6) is 0 Å². The zero-order valence-electron chi connectivity index (χ0n) is 10.5. The molecule has 0 aliphatic carbocycles. The molecule has 1 saturated heterocycles. The molecular formula is C13H18Cl2F2N2. The maximum Gasteiger partial charge on any atom is 0.142 e. The lowest BCUT2D eigenvalue weighted by Crippen LogP contribution is -2.45. The van der Waals surface area contributed by atoms with Crippen LogP contribution in [-0.2, 0) is 0 Å². The molecule has 2 nitrogen and oxygen atoms in total. The van der Waals surface area contributed by atoms with Gasteiger partial charge in [-0.1, -0.05) is 17.7 Å². The summed E-state index contributed by atoms with van der Waals surface area (Å²) >= 11 is 5.68. The molecule has 0 bridgehead atoms. The van der Waals surface area contributed by atoms with Crippen molar-refractivity contribution in [2.45, 2.75) is 12.5 Å². The van der Waals surface area contributed by atoms with Gasteiger partial charge < -0.3 is 5.32 Å². The molecule has 108 valence electrons. The van der Waals surface area contributed by atoms with Crippen molar-refractivity contribution in [2.75, 3.05) is 32.9 Å². The van der Waals surface area contributed by atoms with Crippen LogP contribution in [0.25, 0.3) is 0 Å². The van der Waals surface area contributed by atoms with Gasteiger partial charge in [0.2, 0.25) is 0 Å². The Hall–Kier alpha value is -0.420. The van der Waals surface area contributed by atoms with Gasteiger partial charge in [-0.05, 0) is 24.1 Å². The summed E-state index contributed by atoms with van der Waals surface area (Å²) in [5, 5.41) is 3.36. The topological polar surface area (TPSA) is 15.3 Å². The number of nitrogens with one attached hydrogen (secondary N) is 1. The van der Waals surface area contributed by atoms with E-state index in [2.05, 4.69) is 10.2 Å². The number of halogens is 4. The average Bonchev–Trinajstić information content (AvgIpc) is 2.40. The molecule has 0 saturated carbocycles. The summed E-state index contributed by atoms with van der Waals surface area (Å²) in [6, 6.07) is 4.68. The third-order valence-corrected chi connectivity index (χ3v) is 3.61. The second kappa shape index (κ2) is 8.00. The van der Waals surface area contributed by atoms with Crippen molar-refractivity contribution in [3.05, 3.63) is 34.6 Å². The van der Waals surface area contributed by atoms with Gasteiger partial charge in [-0.25, -0.2) is 4.39 Å². The summed E-state index contributed by atoms with van der Waals surface area (Å²) in [5.41, 5.74) is 0.802. The molecule has 1 aliphatic rings. The first-order chi connectivity index (χ1) is 8.72. The van der Waals surface area contributed by atoms with E-state index in [1.807, 2.05) is 0 Å². The molecule has 0 radical (unpaired) electrons. The number of piperazine rings is 1. The van der Waals surface area contributed by atoms with E-state index in [9.17, 15) is 8.78 Å². The van der Waals surface area contributed by atoms with Crippen molar-refractivity contribution in [3.8, 4) is 0 Å². The number of benzene rings is 1. The van der Waals surface area contributed by atoms with E-state index in [0.717, 1.165) is 31.7 Å². The Bertz CT molecular complexity index is 398. The molecule has 19 heavy (non-hydrogen) atoms. The Balaban J connectivity index is 0.00000180. The Labute approximate surface area is 123 Å². The van der Waals surface area contributed by atoms with Crippen molar-refractivity contribution in [2.24, 2.45) is 0 Å². The van der Waals surface area contributed by atoms with Crippen LogP contribution in [0.3, 0.4) is 0 Å². The Kier molecular flexibility index (Phi) is 7.00. The molecule has 1 atom stereocenters. The van der Waals surface area contributed by atoms with Gasteiger partial charge in [0, 0.05) is 32.2 Å². The van der Waals surface area contributed by atoms with Gasteiger partial charge in [-0.3, -0.25) is 9.29 Å². The third kappa shape index (κ3) is 4.28. The lowest BCUT2D eigenvalue weighted by atomic mass is 10.0. The van der Waals surface area contributed by atoms with Crippen molar-refractivity contribution >= 4 is 24.0 Å². The predicted octanol–water partition coefficient (Wildman–Crippen LogP) is 3.21.